The van der Waals surface area contributed by atoms with Crippen molar-refractivity contribution in [1.29, 1.82) is 0 Å². The zero-order valence-corrected chi connectivity index (χ0v) is 9.62. The Labute approximate surface area is 99.0 Å². The van der Waals surface area contributed by atoms with Crippen molar-refractivity contribution < 1.29 is 10.0 Å². The van der Waals surface area contributed by atoms with Crippen LogP contribution in [0.2, 0.25) is 0 Å². The maximum Gasteiger partial charge on any atom is 0.221 e. The van der Waals surface area contributed by atoms with Gasteiger partial charge in [-0.3, -0.25) is 4.79 Å². The van der Waals surface area contributed by atoms with E-state index < -0.39 is 0 Å². The first-order chi connectivity index (χ1) is 7.63. The van der Waals surface area contributed by atoms with Gasteiger partial charge in [0, 0.05) is 13.3 Å². The number of nitrogens with one attached hydrogen (secondary N) is 1. The minimum Gasteiger partial charge on any atom is -0.411 e. The van der Waals surface area contributed by atoms with Crippen LogP contribution in [0.15, 0.2) is 35.5 Å². The van der Waals surface area contributed by atoms with Gasteiger partial charge in [-0.05, 0) is 5.56 Å². The molecule has 1 aromatic carbocycles. The van der Waals surface area contributed by atoms with E-state index >= 15 is 0 Å². The van der Waals surface area contributed by atoms with E-state index in [0.29, 0.717) is 10.7 Å². The molecule has 0 aromatic heterocycles. The third-order valence-electron chi connectivity index (χ3n) is 1.87. The first kappa shape index (κ1) is 12.3. The van der Waals surface area contributed by atoms with Gasteiger partial charge in [0.2, 0.25) is 5.91 Å². The van der Waals surface area contributed by atoms with E-state index in [1.165, 1.54) is 6.92 Å². The highest BCUT2D eigenvalue weighted by molar-refractivity contribution is 7.80. The summed E-state index contributed by atoms with van der Waals surface area (Å²) in [4.78, 5) is 11.1. The molecule has 0 unspecified atom stereocenters. The number of carbonyl (C=O) groups is 1. The van der Waals surface area contributed by atoms with Crippen molar-refractivity contribution in [2.45, 2.75) is 13.3 Å². The van der Waals surface area contributed by atoms with Crippen LogP contribution in [-0.2, 0) is 4.79 Å². The Bertz CT molecular complexity index is 415. The van der Waals surface area contributed by atoms with Crippen LogP contribution in [0.25, 0.3) is 0 Å². The second-order valence-corrected chi connectivity index (χ2v) is 3.69. The lowest BCUT2D eigenvalue weighted by Gasteiger charge is -2.06. The van der Waals surface area contributed by atoms with Gasteiger partial charge in [0.1, 0.15) is 0 Å². The summed E-state index contributed by atoms with van der Waals surface area (Å²) in [6.45, 7) is 1.38. The fraction of sp³-hybridized carbons (Fsp3) is 0.182. The second kappa shape index (κ2) is 5.97. The molecule has 0 aliphatic rings. The Balaban J connectivity index is 2.72. The van der Waals surface area contributed by atoms with Crippen molar-refractivity contribution in [3.05, 3.63) is 35.9 Å². The number of oxime groups is 1. The van der Waals surface area contributed by atoms with Gasteiger partial charge in [0.25, 0.3) is 0 Å². The Morgan fingerprint density at radius 3 is 2.56 bits per heavy atom. The molecule has 5 heteroatoms. The molecule has 0 bridgehead atoms. The summed E-state index contributed by atoms with van der Waals surface area (Å²) >= 11 is 4.95. The normalized spacial score (nSPS) is 10.9. The average Bonchev–Trinajstić information content (AvgIpc) is 2.26. The van der Waals surface area contributed by atoms with E-state index in [0.717, 1.165) is 5.56 Å². The molecule has 1 aromatic rings. The zero-order chi connectivity index (χ0) is 12.0. The molecule has 2 N–H and O–H groups in total. The second-order valence-electron chi connectivity index (χ2n) is 3.19. The van der Waals surface area contributed by atoms with E-state index in [1.54, 1.807) is 0 Å². The fourth-order valence-electron chi connectivity index (χ4n) is 1.22. The number of rotatable bonds is 3. The number of carbonyl (C=O) groups excluding carboxylic acids is 1. The summed E-state index contributed by atoms with van der Waals surface area (Å²) in [5, 5.41) is 14.5. The van der Waals surface area contributed by atoms with Crippen molar-refractivity contribution in [1.82, 2.24) is 5.32 Å². The topological polar surface area (TPSA) is 61.7 Å². The molecule has 1 rings (SSSR count). The monoisotopic (exact) mass is 236 g/mol. The summed E-state index contributed by atoms with van der Waals surface area (Å²) in [6.07, 6.45) is 0.232. The minimum atomic E-state index is -0.227. The Hall–Kier alpha value is -1.75. The molecular formula is C11H12N2O2S. The smallest absolute Gasteiger partial charge is 0.221 e. The summed E-state index contributed by atoms with van der Waals surface area (Å²) in [6, 6.07) is 9.16. The van der Waals surface area contributed by atoms with Crippen molar-refractivity contribution in [2.75, 3.05) is 0 Å². The van der Waals surface area contributed by atoms with Crippen molar-refractivity contribution >= 4 is 28.8 Å². The number of hydrogen-bond donors (Lipinski definition) is 2. The Kier molecular flexibility index (Phi) is 4.60. The van der Waals surface area contributed by atoms with Gasteiger partial charge < -0.3 is 10.5 Å². The predicted octanol–water partition coefficient (Wildman–Crippen LogP) is 1.72. The van der Waals surface area contributed by atoms with Crippen LogP contribution < -0.4 is 5.32 Å². The molecule has 0 saturated carbocycles. The first-order valence-electron chi connectivity index (χ1n) is 4.70. The number of hydrogen-bond acceptors (Lipinski definition) is 4. The SMILES string of the molecule is CC(=O)NC(=S)C/C(=N/O)c1ccccc1. The standard InChI is InChI=1S/C11H12N2O2S/c1-8(14)12-11(16)7-10(13-15)9-5-3-2-4-6-9/h2-6,15H,7H2,1H3,(H,12,14,16)/b13-10-. The van der Waals surface area contributed by atoms with Crippen LogP contribution in [0, 0.1) is 0 Å². The maximum atomic E-state index is 10.8. The van der Waals surface area contributed by atoms with Gasteiger partial charge >= 0.3 is 0 Å². The molecule has 4 nitrogen and oxygen atoms in total. The summed E-state index contributed by atoms with van der Waals surface area (Å²) in [7, 11) is 0. The van der Waals surface area contributed by atoms with Gasteiger partial charge in [0.15, 0.2) is 0 Å². The van der Waals surface area contributed by atoms with Gasteiger partial charge in [-0.1, -0.05) is 47.7 Å². The summed E-state index contributed by atoms with van der Waals surface area (Å²) < 4.78 is 0. The zero-order valence-electron chi connectivity index (χ0n) is 8.80. The maximum absolute atomic E-state index is 10.8. The molecule has 0 atom stereocenters. The molecule has 0 saturated heterocycles. The van der Waals surface area contributed by atoms with Crippen LogP contribution in [0.3, 0.4) is 0 Å². The van der Waals surface area contributed by atoms with Crippen LogP contribution in [0.1, 0.15) is 18.9 Å². The van der Waals surface area contributed by atoms with Crippen LogP contribution >= 0.6 is 12.2 Å². The molecule has 0 radical (unpaired) electrons. The highest BCUT2D eigenvalue weighted by Crippen LogP contribution is 2.04. The third-order valence-corrected chi connectivity index (χ3v) is 2.12. The highest BCUT2D eigenvalue weighted by atomic mass is 32.1. The van der Waals surface area contributed by atoms with Crippen LogP contribution in [0.4, 0.5) is 0 Å². The molecule has 0 aliphatic heterocycles. The Morgan fingerprint density at radius 2 is 2.06 bits per heavy atom. The molecule has 0 fully saturated rings. The minimum absolute atomic E-state index is 0.227. The van der Waals surface area contributed by atoms with Crippen LogP contribution in [-0.4, -0.2) is 21.8 Å². The van der Waals surface area contributed by atoms with Crippen molar-refractivity contribution in [3.63, 3.8) is 0 Å². The fourth-order valence-corrected chi connectivity index (χ4v) is 1.50. The predicted molar refractivity (Wildman–Crippen MR) is 65.8 cm³/mol. The summed E-state index contributed by atoms with van der Waals surface area (Å²) in [5.41, 5.74) is 1.21. The average molecular weight is 236 g/mol. The van der Waals surface area contributed by atoms with Crippen molar-refractivity contribution in [2.24, 2.45) is 5.16 Å². The molecule has 84 valence electrons. The first-order valence-corrected chi connectivity index (χ1v) is 5.11. The van der Waals surface area contributed by atoms with E-state index in [4.69, 9.17) is 17.4 Å². The van der Waals surface area contributed by atoms with Gasteiger partial charge in [-0.25, -0.2) is 0 Å². The molecule has 0 aliphatic carbocycles. The largest absolute Gasteiger partial charge is 0.411 e. The lowest BCUT2D eigenvalue weighted by molar-refractivity contribution is -0.117. The van der Waals surface area contributed by atoms with E-state index in [1.807, 2.05) is 30.3 Å². The van der Waals surface area contributed by atoms with Gasteiger partial charge in [-0.2, -0.15) is 0 Å². The van der Waals surface area contributed by atoms with E-state index in [-0.39, 0.29) is 12.3 Å². The lowest BCUT2D eigenvalue weighted by Crippen LogP contribution is -2.28. The number of thiocarbonyl (C=S) groups is 1. The quantitative estimate of drug-likeness (QED) is 0.363. The highest BCUT2D eigenvalue weighted by Gasteiger charge is 2.08. The number of benzene rings is 1. The molecule has 16 heavy (non-hydrogen) atoms. The number of amides is 1. The van der Waals surface area contributed by atoms with Gasteiger partial charge in [-0.15, -0.1) is 0 Å². The third kappa shape index (κ3) is 3.78. The lowest BCUT2D eigenvalue weighted by atomic mass is 10.1. The van der Waals surface area contributed by atoms with E-state index in [9.17, 15) is 4.79 Å². The molecule has 1 amide bonds. The van der Waals surface area contributed by atoms with E-state index in [2.05, 4.69) is 10.5 Å². The van der Waals surface area contributed by atoms with Gasteiger partial charge in [0.05, 0.1) is 10.7 Å². The molecule has 0 heterocycles. The molecular weight excluding hydrogens is 224 g/mol. The molecule has 0 spiro atoms. The van der Waals surface area contributed by atoms with Crippen molar-refractivity contribution in [3.8, 4) is 0 Å². The van der Waals surface area contributed by atoms with Crippen LogP contribution in [0.5, 0.6) is 0 Å². The summed E-state index contributed by atoms with van der Waals surface area (Å²) in [5.74, 6) is -0.227. The Morgan fingerprint density at radius 1 is 1.44 bits per heavy atom. The number of nitrogens with zero attached hydrogens (tertiary/aromatic N) is 1.